The van der Waals surface area contributed by atoms with Crippen molar-refractivity contribution < 1.29 is 9.53 Å². The van der Waals surface area contributed by atoms with Crippen molar-refractivity contribution in [2.45, 2.75) is 13.8 Å². The lowest BCUT2D eigenvalue weighted by molar-refractivity contribution is -0.115. The molecule has 1 fully saturated rings. The molecule has 1 aliphatic heterocycles. The molecule has 1 heterocycles. The second kappa shape index (κ2) is 7.86. The molecule has 1 aliphatic rings. The van der Waals surface area contributed by atoms with Crippen LogP contribution in [0.2, 0.25) is 5.02 Å². The summed E-state index contributed by atoms with van der Waals surface area (Å²) in [5.41, 5.74) is 3.73. The molecule has 0 radical (unpaired) electrons. The van der Waals surface area contributed by atoms with Crippen molar-refractivity contribution >= 4 is 62.1 Å². The van der Waals surface area contributed by atoms with E-state index in [1.807, 2.05) is 26.0 Å². The highest BCUT2D eigenvalue weighted by Crippen LogP contribution is 2.33. The Hall–Kier alpha value is -1.76. The van der Waals surface area contributed by atoms with Crippen LogP contribution >= 0.6 is 39.3 Å². The van der Waals surface area contributed by atoms with Crippen molar-refractivity contribution in [3.05, 3.63) is 61.4 Å². The second-order valence-electron chi connectivity index (χ2n) is 5.76. The van der Waals surface area contributed by atoms with Gasteiger partial charge in [-0.3, -0.25) is 4.79 Å². The van der Waals surface area contributed by atoms with Crippen LogP contribution in [0.5, 0.6) is 5.75 Å². The first-order valence-corrected chi connectivity index (χ1v) is 9.76. The van der Waals surface area contributed by atoms with Gasteiger partial charge in [0.2, 0.25) is 0 Å². The average molecular weight is 452 g/mol. The predicted octanol–water partition coefficient (Wildman–Crippen LogP) is 5.62. The van der Waals surface area contributed by atoms with Crippen LogP contribution < -0.4 is 10.1 Å². The van der Waals surface area contributed by atoms with E-state index in [-0.39, 0.29) is 5.91 Å². The quantitative estimate of drug-likeness (QED) is 0.616. The largest absolute Gasteiger partial charge is 0.496 e. The maximum Gasteiger partial charge on any atom is 0.264 e. The number of methoxy groups -OCH3 is 1. The van der Waals surface area contributed by atoms with Gasteiger partial charge in [-0.1, -0.05) is 27.5 Å². The third kappa shape index (κ3) is 4.14. The molecule has 0 saturated carbocycles. The fourth-order valence-electron chi connectivity index (χ4n) is 2.54. The van der Waals surface area contributed by atoms with Gasteiger partial charge >= 0.3 is 0 Å². The van der Waals surface area contributed by atoms with Gasteiger partial charge in [-0.2, -0.15) is 0 Å². The number of benzene rings is 2. The summed E-state index contributed by atoms with van der Waals surface area (Å²) in [5, 5.41) is 3.92. The Labute approximate surface area is 169 Å². The van der Waals surface area contributed by atoms with Gasteiger partial charge < -0.3 is 10.1 Å². The summed E-state index contributed by atoms with van der Waals surface area (Å²) in [4.78, 5) is 17.4. The molecule has 0 bridgehead atoms. The van der Waals surface area contributed by atoms with Gasteiger partial charge in [0.1, 0.15) is 5.75 Å². The van der Waals surface area contributed by atoms with E-state index in [2.05, 4.69) is 26.2 Å². The van der Waals surface area contributed by atoms with Crippen LogP contribution in [0.15, 0.2) is 44.7 Å². The number of ether oxygens (including phenoxy) is 1. The molecule has 2 aromatic carbocycles. The number of thioether (sulfide) groups is 1. The van der Waals surface area contributed by atoms with E-state index in [0.29, 0.717) is 20.8 Å². The van der Waals surface area contributed by atoms with Crippen LogP contribution in [0.4, 0.5) is 5.69 Å². The summed E-state index contributed by atoms with van der Waals surface area (Å²) >= 11 is 10.9. The van der Waals surface area contributed by atoms with Crippen LogP contribution in [-0.4, -0.2) is 18.2 Å². The molecule has 0 atom stereocenters. The minimum atomic E-state index is -0.193. The number of nitrogens with zero attached hydrogens (tertiary/aromatic N) is 1. The summed E-state index contributed by atoms with van der Waals surface area (Å²) in [7, 11) is 1.58. The summed E-state index contributed by atoms with van der Waals surface area (Å²) in [5.74, 6) is 0.459. The van der Waals surface area contributed by atoms with Gasteiger partial charge in [0.05, 0.1) is 17.7 Å². The lowest BCUT2D eigenvalue weighted by Gasteiger charge is -2.05. The molecule has 0 spiro atoms. The Morgan fingerprint density at radius 1 is 1.23 bits per heavy atom. The fraction of sp³-hybridized carbons (Fsp3) is 0.158. The first kappa shape index (κ1) is 19.0. The molecule has 1 amide bonds. The zero-order valence-electron chi connectivity index (χ0n) is 14.4. The molecule has 2 aromatic rings. The number of carbonyl (C=O) groups is 1. The van der Waals surface area contributed by atoms with Crippen LogP contribution in [0.1, 0.15) is 16.7 Å². The highest BCUT2D eigenvalue weighted by molar-refractivity contribution is 9.10. The van der Waals surface area contributed by atoms with E-state index in [4.69, 9.17) is 16.3 Å². The number of amidine groups is 1. The van der Waals surface area contributed by atoms with Gasteiger partial charge in [0.25, 0.3) is 5.91 Å². The number of carbonyl (C=O) groups excluding carboxylic acids is 1. The Morgan fingerprint density at radius 2 is 1.92 bits per heavy atom. The minimum absolute atomic E-state index is 0.193. The maximum absolute atomic E-state index is 12.3. The Balaban J connectivity index is 1.91. The molecule has 1 N–H and O–H groups in total. The van der Waals surface area contributed by atoms with Crippen LogP contribution in [-0.2, 0) is 4.79 Å². The van der Waals surface area contributed by atoms with E-state index >= 15 is 0 Å². The number of hydrogen-bond acceptors (Lipinski definition) is 4. The van der Waals surface area contributed by atoms with Gasteiger partial charge in [-0.25, -0.2) is 4.99 Å². The zero-order chi connectivity index (χ0) is 18.8. The standard InChI is InChI=1S/C19H16BrClN2O2S/c1-10-6-14(7-11(2)17(10)20)22-19-23-18(24)16(26-19)9-12-8-13(21)4-5-15(12)25-3/h4-9H,1-3H3,(H,22,23,24)/b16-9-. The normalized spacial score (nSPS) is 17.0. The highest BCUT2D eigenvalue weighted by atomic mass is 79.9. The number of halogens is 2. The third-order valence-corrected chi connectivity index (χ3v) is 6.18. The first-order valence-electron chi connectivity index (χ1n) is 7.77. The van der Waals surface area contributed by atoms with Crippen molar-refractivity contribution in [3.8, 4) is 5.75 Å². The second-order valence-corrected chi connectivity index (χ2v) is 8.02. The SMILES string of the molecule is COc1ccc(Cl)cc1/C=C1\SC(=Nc2cc(C)c(Br)c(C)c2)NC1=O. The van der Waals surface area contributed by atoms with Crippen LogP contribution in [0.25, 0.3) is 6.08 Å². The van der Waals surface area contributed by atoms with Crippen molar-refractivity contribution in [2.75, 3.05) is 7.11 Å². The molecule has 26 heavy (non-hydrogen) atoms. The van der Waals surface area contributed by atoms with Gasteiger partial charge in [-0.15, -0.1) is 0 Å². The lowest BCUT2D eigenvalue weighted by atomic mass is 10.1. The molecular formula is C19H16BrClN2O2S. The smallest absolute Gasteiger partial charge is 0.264 e. The molecule has 1 saturated heterocycles. The minimum Gasteiger partial charge on any atom is -0.496 e. The monoisotopic (exact) mass is 450 g/mol. The maximum atomic E-state index is 12.3. The van der Waals surface area contributed by atoms with Gasteiger partial charge in [0, 0.05) is 15.1 Å². The highest BCUT2D eigenvalue weighted by Gasteiger charge is 2.24. The van der Waals surface area contributed by atoms with Crippen LogP contribution in [0.3, 0.4) is 0 Å². The summed E-state index contributed by atoms with van der Waals surface area (Å²) in [6.07, 6.45) is 1.76. The molecule has 134 valence electrons. The number of aliphatic imine (C=N–C) groups is 1. The number of amides is 1. The molecule has 4 nitrogen and oxygen atoms in total. The van der Waals surface area contributed by atoms with Crippen LogP contribution in [0, 0.1) is 13.8 Å². The first-order chi connectivity index (χ1) is 12.4. The van der Waals surface area contributed by atoms with Crippen molar-refractivity contribution in [3.63, 3.8) is 0 Å². The average Bonchev–Trinajstić information content (AvgIpc) is 2.92. The van der Waals surface area contributed by atoms with Crippen molar-refractivity contribution in [1.29, 1.82) is 0 Å². The zero-order valence-corrected chi connectivity index (χ0v) is 17.6. The van der Waals surface area contributed by atoms with Gasteiger partial charge in [-0.05, 0) is 73.1 Å². The molecular weight excluding hydrogens is 436 g/mol. The molecule has 0 aliphatic carbocycles. The fourth-order valence-corrected chi connectivity index (χ4v) is 3.79. The Morgan fingerprint density at radius 3 is 2.58 bits per heavy atom. The summed E-state index contributed by atoms with van der Waals surface area (Å²) < 4.78 is 6.39. The van der Waals surface area contributed by atoms with E-state index in [1.54, 1.807) is 31.4 Å². The molecule has 0 aromatic heterocycles. The van der Waals surface area contributed by atoms with Crippen molar-refractivity contribution in [2.24, 2.45) is 4.99 Å². The summed E-state index contributed by atoms with van der Waals surface area (Å²) in [6, 6.07) is 9.22. The molecule has 3 rings (SSSR count). The third-order valence-electron chi connectivity index (χ3n) is 3.78. The van der Waals surface area contributed by atoms with Crippen molar-refractivity contribution in [1.82, 2.24) is 5.32 Å². The predicted molar refractivity (Wildman–Crippen MR) is 112 cm³/mol. The Kier molecular flexibility index (Phi) is 5.75. The summed E-state index contributed by atoms with van der Waals surface area (Å²) in [6.45, 7) is 4.02. The number of nitrogens with one attached hydrogen (secondary N) is 1. The lowest BCUT2D eigenvalue weighted by Crippen LogP contribution is -2.19. The van der Waals surface area contributed by atoms with E-state index < -0.39 is 0 Å². The number of rotatable bonds is 3. The number of aryl methyl sites for hydroxylation is 2. The van der Waals surface area contributed by atoms with E-state index in [0.717, 1.165) is 26.9 Å². The Bertz CT molecular complexity index is 934. The molecule has 7 heteroatoms. The number of hydrogen-bond donors (Lipinski definition) is 1. The van der Waals surface area contributed by atoms with E-state index in [1.165, 1.54) is 11.8 Å². The van der Waals surface area contributed by atoms with Gasteiger partial charge in [0.15, 0.2) is 5.17 Å². The van der Waals surface area contributed by atoms with E-state index in [9.17, 15) is 4.79 Å². The topological polar surface area (TPSA) is 50.7 Å². The molecule has 0 unspecified atom stereocenters.